The van der Waals surface area contributed by atoms with E-state index in [-0.39, 0.29) is 0 Å². The van der Waals surface area contributed by atoms with Gasteiger partial charge in [-0.2, -0.15) is 0 Å². The molecule has 2 nitrogen and oxygen atoms in total. The van der Waals surface area contributed by atoms with Crippen molar-refractivity contribution in [1.29, 1.82) is 0 Å². The largest absolute Gasteiger partial charge is 0.453 e. The zero-order valence-corrected chi connectivity index (χ0v) is 8.63. The molecule has 14 heavy (non-hydrogen) atoms. The van der Waals surface area contributed by atoms with E-state index in [0.717, 1.165) is 18.4 Å². The average molecular weight is 213 g/mol. The third-order valence-corrected chi connectivity index (χ3v) is 4.13. The maximum absolute atomic E-state index is 10.5. The van der Waals surface area contributed by atoms with Crippen molar-refractivity contribution in [2.24, 2.45) is 11.8 Å². The van der Waals surface area contributed by atoms with Gasteiger partial charge in [-0.25, -0.2) is 0 Å². The Hall–Kier alpha value is -0.470. The second kappa shape index (κ2) is 2.77. The van der Waals surface area contributed by atoms with E-state index in [1.165, 1.54) is 12.8 Å². The Balaban J connectivity index is 1.96. The summed E-state index contributed by atoms with van der Waals surface area (Å²) in [4.78, 5) is 0. The van der Waals surface area contributed by atoms with Gasteiger partial charge in [-0.1, -0.05) is 12.8 Å². The lowest BCUT2D eigenvalue weighted by Gasteiger charge is -2.07. The van der Waals surface area contributed by atoms with Crippen molar-refractivity contribution < 1.29 is 9.52 Å². The molecule has 2 aliphatic rings. The molecular weight excluding hydrogens is 200 g/mol. The van der Waals surface area contributed by atoms with Crippen LogP contribution in [0.3, 0.4) is 0 Å². The molecule has 2 aliphatic carbocycles. The van der Waals surface area contributed by atoms with Crippen LogP contribution in [0.5, 0.6) is 0 Å². The lowest BCUT2D eigenvalue weighted by Crippen LogP contribution is -2.09. The Morgan fingerprint density at radius 2 is 2.00 bits per heavy atom. The van der Waals surface area contributed by atoms with Crippen LogP contribution in [0.2, 0.25) is 5.22 Å². The van der Waals surface area contributed by atoms with E-state index in [2.05, 4.69) is 0 Å². The number of hydrogen-bond acceptors (Lipinski definition) is 2. The van der Waals surface area contributed by atoms with Crippen LogP contribution in [-0.2, 0) is 5.60 Å². The minimum atomic E-state index is -0.666. The molecule has 1 heterocycles. The topological polar surface area (TPSA) is 33.4 Å². The SMILES string of the molecule is OC1(c2ccoc2Cl)C2CCCCC21. The molecule has 0 aliphatic heterocycles. The Labute approximate surface area is 87.9 Å². The quantitative estimate of drug-likeness (QED) is 0.777. The van der Waals surface area contributed by atoms with Gasteiger partial charge in [0.2, 0.25) is 0 Å². The average Bonchev–Trinajstić information content (AvgIpc) is 2.57. The number of hydrogen-bond donors (Lipinski definition) is 1. The summed E-state index contributed by atoms with van der Waals surface area (Å²) in [7, 11) is 0. The highest BCUT2D eigenvalue weighted by Gasteiger charge is 2.65. The summed E-state index contributed by atoms with van der Waals surface area (Å²) in [6, 6.07) is 1.81. The van der Waals surface area contributed by atoms with Crippen LogP contribution in [0, 0.1) is 11.8 Å². The Morgan fingerprint density at radius 3 is 2.50 bits per heavy atom. The van der Waals surface area contributed by atoms with Crippen LogP contribution in [0.25, 0.3) is 0 Å². The van der Waals surface area contributed by atoms with E-state index in [1.54, 1.807) is 12.3 Å². The first kappa shape index (κ1) is 8.81. The molecule has 3 heteroatoms. The first-order chi connectivity index (χ1) is 6.74. The molecule has 1 aromatic rings. The number of halogens is 1. The van der Waals surface area contributed by atoms with Crippen molar-refractivity contribution >= 4 is 11.6 Å². The van der Waals surface area contributed by atoms with E-state index in [1.807, 2.05) is 0 Å². The number of fused-ring (bicyclic) bond motifs is 1. The minimum Gasteiger partial charge on any atom is -0.453 e. The lowest BCUT2D eigenvalue weighted by atomic mass is 10.0. The Kier molecular flexibility index (Phi) is 1.74. The van der Waals surface area contributed by atoms with Gasteiger partial charge in [-0.3, -0.25) is 0 Å². The minimum absolute atomic E-state index is 0.363. The summed E-state index contributed by atoms with van der Waals surface area (Å²) >= 11 is 5.90. The van der Waals surface area contributed by atoms with Crippen LogP contribution >= 0.6 is 11.6 Å². The molecule has 1 N–H and O–H groups in total. The van der Waals surface area contributed by atoms with Gasteiger partial charge in [0, 0.05) is 5.56 Å². The van der Waals surface area contributed by atoms with Gasteiger partial charge in [0.1, 0.15) is 5.60 Å². The fourth-order valence-corrected chi connectivity index (χ4v) is 3.34. The molecule has 76 valence electrons. The van der Waals surface area contributed by atoms with E-state index in [0.29, 0.717) is 17.1 Å². The molecule has 3 rings (SSSR count). The van der Waals surface area contributed by atoms with Crippen LogP contribution < -0.4 is 0 Å². The summed E-state index contributed by atoms with van der Waals surface area (Å²) in [6.07, 6.45) is 6.28. The van der Waals surface area contributed by atoms with Crippen molar-refractivity contribution in [3.05, 3.63) is 23.1 Å². The summed E-state index contributed by atoms with van der Waals surface area (Å²) in [6.45, 7) is 0. The lowest BCUT2D eigenvalue weighted by molar-refractivity contribution is 0.117. The molecule has 0 amide bonds. The maximum Gasteiger partial charge on any atom is 0.199 e. The molecule has 0 bridgehead atoms. The van der Waals surface area contributed by atoms with Gasteiger partial charge < -0.3 is 9.52 Å². The second-order valence-electron chi connectivity index (χ2n) is 4.43. The summed E-state index contributed by atoms with van der Waals surface area (Å²) < 4.78 is 5.04. The first-order valence-electron chi connectivity index (χ1n) is 5.20. The summed E-state index contributed by atoms with van der Waals surface area (Å²) in [5.74, 6) is 0.845. The molecule has 0 saturated heterocycles. The molecule has 1 aromatic heterocycles. The highest BCUT2D eigenvalue weighted by atomic mass is 35.5. The van der Waals surface area contributed by atoms with Crippen molar-refractivity contribution in [2.75, 3.05) is 0 Å². The van der Waals surface area contributed by atoms with Gasteiger partial charge in [-0.05, 0) is 42.3 Å². The van der Waals surface area contributed by atoms with E-state index < -0.39 is 5.60 Å². The smallest absolute Gasteiger partial charge is 0.199 e. The standard InChI is InChI=1S/C11H13ClO2/c12-10-9(5-6-14-10)11(13)7-3-1-2-4-8(7)11/h5-8,13H,1-4H2. The zero-order chi connectivity index (χ0) is 9.76. The molecule has 2 unspecified atom stereocenters. The molecular formula is C11H13ClO2. The Morgan fingerprint density at radius 1 is 1.36 bits per heavy atom. The molecule has 2 saturated carbocycles. The molecule has 0 aromatic carbocycles. The fraction of sp³-hybridized carbons (Fsp3) is 0.636. The summed E-state index contributed by atoms with van der Waals surface area (Å²) in [5.41, 5.74) is 0.136. The van der Waals surface area contributed by atoms with Crippen molar-refractivity contribution in [3.63, 3.8) is 0 Å². The highest BCUT2D eigenvalue weighted by Crippen LogP contribution is 2.65. The number of rotatable bonds is 1. The third-order valence-electron chi connectivity index (χ3n) is 3.84. The molecule has 0 spiro atoms. The molecule has 0 radical (unpaired) electrons. The van der Waals surface area contributed by atoms with E-state index >= 15 is 0 Å². The molecule has 2 atom stereocenters. The van der Waals surface area contributed by atoms with Gasteiger partial charge in [-0.15, -0.1) is 0 Å². The van der Waals surface area contributed by atoms with Crippen molar-refractivity contribution in [2.45, 2.75) is 31.3 Å². The summed E-state index contributed by atoms with van der Waals surface area (Å²) in [5, 5.41) is 10.8. The van der Waals surface area contributed by atoms with Crippen molar-refractivity contribution in [3.8, 4) is 0 Å². The normalized spacial score (nSPS) is 40.7. The van der Waals surface area contributed by atoms with Crippen LogP contribution in [0.4, 0.5) is 0 Å². The molecule has 2 fully saturated rings. The first-order valence-corrected chi connectivity index (χ1v) is 5.58. The monoisotopic (exact) mass is 212 g/mol. The number of furan rings is 1. The second-order valence-corrected chi connectivity index (χ2v) is 4.77. The van der Waals surface area contributed by atoms with Gasteiger partial charge in [0.15, 0.2) is 5.22 Å². The maximum atomic E-state index is 10.5. The van der Waals surface area contributed by atoms with Gasteiger partial charge >= 0.3 is 0 Å². The Bertz CT molecular complexity index is 346. The van der Waals surface area contributed by atoms with E-state index in [9.17, 15) is 5.11 Å². The van der Waals surface area contributed by atoms with Crippen molar-refractivity contribution in [1.82, 2.24) is 0 Å². The predicted octanol–water partition coefficient (Wildman–Crippen LogP) is 2.94. The zero-order valence-electron chi connectivity index (χ0n) is 7.87. The fourth-order valence-electron chi connectivity index (χ4n) is 3.07. The highest BCUT2D eigenvalue weighted by molar-refractivity contribution is 6.29. The van der Waals surface area contributed by atoms with Crippen LogP contribution in [0.1, 0.15) is 31.2 Å². The predicted molar refractivity (Wildman–Crippen MR) is 53.1 cm³/mol. The van der Waals surface area contributed by atoms with Crippen LogP contribution in [0.15, 0.2) is 16.7 Å². The van der Waals surface area contributed by atoms with Crippen LogP contribution in [-0.4, -0.2) is 5.11 Å². The third kappa shape index (κ3) is 0.958. The van der Waals surface area contributed by atoms with Gasteiger partial charge in [0.05, 0.1) is 6.26 Å². The van der Waals surface area contributed by atoms with Gasteiger partial charge in [0.25, 0.3) is 0 Å². The number of aliphatic hydroxyl groups is 1. The van der Waals surface area contributed by atoms with E-state index in [4.69, 9.17) is 16.0 Å².